The molecule has 1 heterocycles. The first kappa shape index (κ1) is 16.9. The quantitative estimate of drug-likeness (QED) is 0.453. The number of benzene rings is 3. The second-order valence-corrected chi connectivity index (χ2v) is 7.33. The van der Waals surface area contributed by atoms with Crippen molar-refractivity contribution in [3.63, 3.8) is 0 Å². The molecular formula is C19H10Cl4O2. The van der Waals surface area contributed by atoms with E-state index in [1.54, 1.807) is 36.4 Å². The first-order chi connectivity index (χ1) is 12.0. The van der Waals surface area contributed by atoms with Crippen LogP contribution in [-0.4, -0.2) is 0 Å². The summed E-state index contributed by atoms with van der Waals surface area (Å²) in [6.45, 7) is 0. The number of hydrogen-bond acceptors (Lipinski definition) is 2. The van der Waals surface area contributed by atoms with Gasteiger partial charge in [-0.05, 0) is 48.5 Å². The highest BCUT2D eigenvalue weighted by atomic mass is 35.5. The lowest BCUT2D eigenvalue weighted by atomic mass is 9.97. The average molecular weight is 412 g/mol. The van der Waals surface area contributed by atoms with E-state index in [-0.39, 0.29) is 0 Å². The molecule has 1 aliphatic rings. The third-order valence-corrected chi connectivity index (χ3v) is 4.71. The molecule has 0 bridgehead atoms. The first-order valence-corrected chi connectivity index (χ1v) is 8.88. The number of para-hydroxylation sites is 2. The van der Waals surface area contributed by atoms with Gasteiger partial charge in [0.1, 0.15) is 0 Å². The lowest BCUT2D eigenvalue weighted by molar-refractivity contribution is -0.0458. The van der Waals surface area contributed by atoms with Gasteiger partial charge in [-0.1, -0.05) is 58.5 Å². The summed E-state index contributed by atoms with van der Waals surface area (Å²) >= 11 is 24.8. The van der Waals surface area contributed by atoms with Crippen molar-refractivity contribution in [2.75, 3.05) is 0 Å². The molecule has 126 valence electrons. The summed E-state index contributed by atoms with van der Waals surface area (Å²) < 4.78 is 12.5. The van der Waals surface area contributed by atoms with Gasteiger partial charge in [0.2, 0.25) is 0 Å². The van der Waals surface area contributed by atoms with Gasteiger partial charge < -0.3 is 9.47 Å². The fourth-order valence-corrected chi connectivity index (χ4v) is 3.89. The Labute approximate surface area is 164 Å². The van der Waals surface area contributed by atoms with E-state index in [9.17, 15) is 0 Å². The molecule has 0 atom stereocenters. The molecule has 0 spiro atoms. The molecule has 4 rings (SSSR count). The number of ether oxygens (including phenoxy) is 2. The van der Waals surface area contributed by atoms with Crippen LogP contribution in [0.3, 0.4) is 0 Å². The van der Waals surface area contributed by atoms with Crippen LogP contribution in [0.1, 0.15) is 11.1 Å². The number of fused-ring (bicyclic) bond motifs is 1. The van der Waals surface area contributed by atoms with Gasteiger partial charge in [0.25, 0.3) is 0 Å². The molecule has 0 saturated heterocycles. The van der Waals surface area contributed by atoms with Crippen molar-refractivity contribution < 1.29 is 9.47 Å². The van der Waals surface area contributed by atoms with Gasteiger partial charge in [-0.2, -0.15) is 0 Å². The Morgan fingerprint density at radius 2 is 0.920 bits per heavy atom. The van der Waals surface area contributed by atoms with Crippen LogP contribution in [0.15, 0.2) is 60.7 Å². The Morgan fingerprint density at radius 1 is 0.560 bits per heavy atom. The fourth-order valence-electron chi connectivity index (χ4n) is 2.84. The van der Waals surface area contributed by atoms with E-state index in [1.807, 2.05) is 24.3 Å². The second kappa shape index (κ2) is 6.30. The SMILES string of the molecule is Clc1cc(Cl)cc(C2(c3cc(Cl)cc(Cl)c3)Oc3ccccc3O2)c1. The van der Waals surface area contributed by atoms with Crippen LogP contribution >= 0.6 is 46.4 Å². The summed E-state index contributed by atoms with van der Waals surface area (Å²) in [7, 11) is 0. The molecule has 3 aromatic rings. The Kier molecular flexibility index (Phi) is 4.25. The zero-order valence-corrected chi connectivity index (χ0v) is 15.6. The van der Waals surface area contributed by atoms with E-state index in [0.717, 1.165) is 0 Å². The van der Waals surface area contributed by atoms with Gasteiger partial charge in [0.15, 0.2) is 11.5 Å². The van der Waals surface area contributed by atoms with Gasteiger partial charge in [0, 0.05) is 31.2 Å². The summed E-state index contributed by atoms with van der Waals surface area (Å²) in [4.78, 5) is 0. The fraction of sp³-hybridized carbons (Fsp3) is 0.0526. The van der Waals surface area contributed by atoms with Crippen molar-refractivity contribution >= 4 is 46.4 Å². The largest absolute Gasteiger partial charge is 0.440 e. The molecule has 2 nitrogen and oxygen atoms in total. The summed E-state index contributed by atoms with van der Waals surface area (Å²) in [6.07, 6.45) is 0. The molecule has 0 saturated carbocycles. The highest BCUT2D eigenvalue weighted by molar-refractivity contribution is 6.35. The third kappa shape index (κ3) is 3.04. The molecule has 6 heteroatoms. The van der Waals surface area contributed by atoms with Crippen molar-refractivity contribution in [2.24, 2.45) is 0 Å². The summed E-state index contributed by atoms with van der Waals surface area (Å²) in [5, 5.41) is 1.88. The predicted molar refractivity (Wildman–Crippen MR) is 101 cm³/mol. The van der Waals surface area contributed by atoms with Crippen molar-refractivity contribution in [1.29, 1.82) is 0 Å². The maximum absolute atomic E-state index is 6.23. The predicted octanol–water partition coefficient (Wildman–Crippen LogP) is 6.97. The Balaban J connectivity index is 1.97. The molecule has 0 unspecified atom stereocenters. The van der Waals surface area contributed by atoms with Crippen molar-refractivity contribution in [3.05, 3.63) is 91.9 Å². The minimum Gasteiger partial charge on any atom is -0.440 e. The molecule has 0 aromatic heterocycles. The lowest BCUT2D eigenvalue weighted by Gasteiger charge is -2.29. The van der Waals surface area contributed by atoms with Crippen molar-refractivity contribution in [1.82, 2.24) is 0 Å². The smallest absolute Gasteiger partial charge is 0.305 e. The van der Waals surface area contributed by atoms with E-state index >= 15 is 0 Å². The van der Waals surface area contributed by atoms with E-state index in [4.69, 9.17) is 55.9 Å². The Bertz CT molecular complexity index is 852. The third-order valence-electron chi connectivity index (χ3n) is 3.84. The molecule has 0 N–H and O–H groups in total. The average Bonchev–Trinajstić information content (AvgIpc) is 2.94. The van der Waals surface area contributed by atoms with Gasteiger partial charge in [-0.15, -0.1) is 0 Å². The topological polar surface area (TPSA) is 18.5 Å². The van der Waals surface area contributed by atoms with Crippen molar-refractivity contribution in [2.45, 2.75) is 5.79 Å². The van der Waals surface area contributed by atoms with Crippen LogP contribution in [0.4, 0.5) is 0 Å². The summed E-state index contributed by atoms with van der Waals surface area (Å²) in [5.74, 6) is -0.0726. The monoisotopic (exact) mass is 410 g/mol. The standard InChI is InChI=1S/C19H10Cl4O2/c20-13-5-11(6-14(21)9-13)19(12-7-15(22)10-16(23)8-12)24-17-3-1-2-4-18(17)25-19/h1-10H. The van der Waals surface area contributed by atoms with Crippen LogP contribution in [0.25, 0.3) is 0 Å². The second-order valence-electron chi connectivity index (χ2n) is 5.58. The zero-order valence-electron chi connectivity index (χ0n) is 12.6. The van der Waals surface area contributed by atoms with E-state index < -0.39 is 5.79 Å². The van der Waals surface area contributed by atoms with E-state index in [2.05, 4.69) is 0 Å². The molecule has 1 aliphatic heterocycles. The van der Waals surface area contributed by atoms with Gasteiger partial charge in [0.05, 0.1) is 0 Å². The molecule has 3 aromatic carbocycles. The number of hydrogen-bond donors (Lipinski definition) is 0. The maximum atomic E-state index is 6.23. The summed E-state index contributed by atoms with van der Waals surface area (Å²) in [5.41, 5.74) is 1.28. The van der Waals surface area contributed by atoms with E-state index in [1.165, 1.54) is 0 Å². The highest BCUT2D eigenvalue weighted by Gasteiger charge is 2.46. The maximum Gasteiger partial charge on any atom is 0.305 e. The highest BCUT2D eigenvalue weighted by Crippen LogP contribution is 2.49. The molecule has 0 fully saturated rings. The normalized spacial score (nSPS) is 14.6. The molecule has 25 heavy (non-hydrogen) atoms. The van der Waals surface area contributed by atoms with Crippen LogP contribution < -0.4 is 9.47 Å². The van der Waals surface area contributed by atoms with Crippen LogP contribution in [0.5, 0.6) is 11.5 Å². The minimum absolute atomic E-state index is 0.471. The Morgan fingerprint density at radius 3 is 1.28 bits per heavy atom. The lowest BCUT2D eigenvalue weighted by Crippen LogP contribution is -2.37. The molecular weight excluding hydrogens is 402 g/mol. The van der Waals surface area contributed by atoms with Gasteiger partial charge in [-0.25, -0.2) is 0 Å². The molecule has 0 radical (unpaired) electrons. The Hall–Kier alpha value is -1.58. The minimum atomic E-state index is -1.28. The number of rotatable bonds is 2. The van der Waals surface area contributed by atoms with Crippen LogP contribution in [0.2, 0.25) is 20.1 Å². The number of halogens is 4. The van der Waals surface area contributed by atoms with Crippen LogP contribution in [0, 0.1) is 0 Å². The van der Waals surface area contributed by atoms with E-state index in [0.29, 0.717) is 42.7 Å². The zero-order chi connectivity index (χ0) is 17.6. The van der Waals surface area contributed by atoms with Crippen LogP contribution in [-0.2, 0) is 5.79 Å². The van der Waals surface area contributed by atoms with Crippen molar-refractivity contribution in [3.8, 4) is 11.5 Å². The summed E-state index contributed by atoms with van der Waals surface area (Å²) in [6, 6.07) is 17.7. The first-order valence-electron chi connectivity index (χ1n) is 7.36. The van der Waals surface area contributed by atoms with Gasteiger partial charge >= 0.3 is 5.79 Å². The van der Waals surface area contributed by atoms with Gasteiger partial charge in [-0.3, -0.25) is 0 Å². The molecule has 0 aliphatic carbocycles. The molecule has 0 amide bonds.